The molecule has 55 heavy (non-hydrogen) atoms. The topological polar surface area (TPSA) is 404 Å². The number of rotatable bonds is 21. The van der Waals surface area contributed by atoms with Crippen LogP contribution in [0.2, 0.25) is 0 Å². The first-order valence-electron chi connectivity index (χ1n) is 15.6. The Bertz CT molecular complexity index is 1860. The van der Waals surface area contributed by atoms with E-state index in [2.05, 4.69) is 34.4 Å². The number of amides is 2. The van der Waals surface area contributed by atoms with Crippen molar-refractivity contribution < 1.29 is 90.4 Å². The second-order valence-electron chi connectivity index (χ2n) is 12.3. The predicted molar refractivity (Wildman–Crippen MR) is 181 cm³/mol. The molecule has 0 bridgehead atoms. The number of aliphatic hydroxyl groups is 2. The van der Waals surface area contributed by atoms with Crippen LogP contribution < -0.4 is 21.5 Å². The van der Waals surface area contributed by atoms with Crippen LogP contribution in [0, 0.1) is 11.3 Å². The Morgan fingerprint density at radius 3 is 2.36 bits per heavy atom. The van der Waals surface area contributed by atoms with Crippen LogP contribution in [0.1, 0.15) is 33.4 Å². The van der Waals surface area contributed by atoms with E-state index >= 15 is 0 Å². The lowest BCUT2D eigenvalue weighted by Crippen LogP contribution is -2.46. The Hall–Kier alpha value is -2.97. The number of hydrogen-bond donors (Lipinski definition) is 9. The van der Waals surface area contributed by atoms with Crippen LogP contribution in [0.15, 0.2) is 12.7 Å². The van der Waals surface area contributed by atoms with Gasteiger partial charge in [-0.15, -0.1) is 0 Å². The van der Waals surface area contributed by atoms with Gasteiger partial charge in [0.1, 0.15) is 36.3 Å². The Balaban J connectivity index is 1.50. The van der Waals surface area contributed by atoms with Gasteiger partial charge in [-0.3, -0.25) is 32.5 Å². The van der Waals surface area contributed by atoms with Crippen molar-refractivity contribution in [1.29, 1.82) is 0 Å². The molecule has 2 amide bonds. The van der Waals surface area contributed by atoms with Gasteiger partial charge in [-0.05, 0) is 6.92 Å². The largest absolute Gasteiger partial charge is 0.549 e. The molecule has 8 atom stereocenters. The van der Waals surface area contributed by atoms with Gasteiger partial charge in [0, 0.05) is 30.7 Å². The number of imidazole rings is 1. The number of nitrogens with one attached hydrogen (secondary N) is 2. The second kappa shape index (κ2) is 19.0. The number of hydrogen-bond acceptors (Lipinski definition) is 20. The molecule has 0 spiro atoms. The first-order valence-corrected chi connectivity index (χ1v) is 21.1. The maximum atomic E-state index is 12.6. The van der Waals surface area contributed by atoms with Gasteiger partial charge in [-0.1, -0.05) is 25.6 Å². The van der Waals surface area contributed by atoms with Gasteiger partial charge in [0.15, 0.2) is 22.8 Å². The fourth-order valence-corrected chi connectivity index (χ4v) is 8.08. The quantitative estimate of drug-likeness (QED) is 0.0344. The second-order valence-corrected chi connectivity index (χ2v) is 17.6. The summed E-state index contributed by atoms with van der Waals surface area (Å²) in [6.07, 6.45) is -7.15. The molecule has 0 radical (unpaired) electrons. The molecule has 8 unspecified atom stereocenters. The molecule has 2 aromatic heterocycles. The minimum atomic E-state index is -5.59. The van der Waals surface area contributed by atoms with Crippen LogP contribution >= 0.6 is 35.2 Å². The van der Waals surface area contributed by atoms with Gasteiger partial charge < -0.3 is 60.8 Å². The van der Waals surface area contributed by atoms with E-state index in [4.69, 9.17) is 19.5 Å². The van der Waals surface area contributed by atoms with Crippen LogP contribution in [-0.4, -0.2) is 129 Å². The Morgan fingerprint density at radius 1 is 1.07 bits per heavy atom. The summed E-state index contributed by atoms with van der Waals surface area (Å²) in [5.41, 5.74) is 4.18. The number of nitrogens with zero attached hydrogens (tertiary/aromatic N) is 4. The number of aromatic nitrogens is 4. The zero-order valence-electron chi connectivity index (χ0n) is 29.0. The van der Waals surface area contributed by atoms with Crippen molar-refractivity contribution in [3.63, 3.8) is 0 Å². The van der Waals surface area contributed by atoms with E-state index in [-0.39, 0.29) is 42.2 Å². The summed E-state index contributed by atoms with van der Waals surface area (Å²) < 4.78 is 61.9. The number of aliphatic carboxylic acids is 1. The van der Waals surface area contributed by atoms with Crippen molar-refractivity contribution >= 4 is 75.1 Å². The van der Waals surface area contributed by atoms with Crippen molar-refractivity contribution in [2.24, 2.45) is 11.3 Å². The molecule has 1 aliphatic heterocycles. The van der Waals surface area contributed by atoms with E-state index in [0.29, 0.717) is 11.8 Å². The first kappa shape index (κ1) is 46.4. The molecule has 10 N–H and O–H groups in total. The van der Waals surface area contributed by atoms with Crippen molar-refractivity contribution in [3.05, 3.63) is 12.7 Å². The number of carboxylic acids is 1. The number of fused-ring (bicyclic) bond motifs is 1. The minimum Gasteiger partial charge on any atom is -0.549 e. The zero-order chi connectivity index (χ0) is 41.5. The summed E-state index contributed by atoms with van der Waals surface area (Å²) in [4.78, 5) is 97.6. The van der Waals surface area contributed by atoms with E-state index in [9.17, 15) is 67.8 Å². The van der Waals surface area contributed by atoms with Crippen LogP contribution in [0.5, 0.6) is 0 Å². The number of phosphoric ester groups is 3. The highest BCUT2D eigenvalue weighted by Crippen LogP contribution is 2.61. The molecule has 310 valence electrons. The third-order valence-corrected chi connectivity index (χ3v) is 11.6. The summed E-state index contributed by atoms with van der Waals surface area (Å²) >= 11 is 0.686. The van der Waals surface area contributed by atoms with Crippen LogP contribution in [0.4, 0.5) is 5.82 Å². The highest BCUT2D eigenvalue weighted by molar-refractivity contribution is 8.13. The zero-order valence-corrected chi connectivity index (χ0v) is 32.5. The summed E-state index contributed by atoms with van der Waals surface area (Å²) in [6, 6.07) is 0. The van der Waals surface area contributed by atoms with Gasteiger partial charge in [0.2, 0.25) is 11.8 Å². The smallest absolute Gasteiger partial charge is 0.481 e. The molecule has 30 heteroatoms. The number of carbonyl (C=O) groups is 4. The number of carboxylic acid groups (broad SMARTS) is 1. The first-order chi connectivity index (χ1) is 25.3. The molecule has 3 rings (SSSR count). The lowest BCUT2D eigenvalue weighted by Gasteiger charge is -2.30. The summed E-state index contributed by atoms with van der Waals surface area (Å²) in [5, 5.41) is 36.1. The van der Waals surface area contributed by atoms with E-state index < -0.39 is 102 Å². The normalized spacial score (nSPS) is 22.3. The molecule has 1 aliphatic rings. The number of nitrogens with two attached hydrogens (primary N) is 1. The average Bonchev–Trinajstić information content (AvgIpc) is 3.64. The van der Waals surface area contributed by atoms with Crippen molar-refractivity contribution in [3.8, 4) is 0 Å². The molecular formula is C25H39N7O19P3S-. The van der Waals surface area contributed by atoms with Gasteiger partial charge in [-0.2, -0.15) is 4.31 Å². The molecule has 1 fully saturated rings. The third kappa shape index (κ3) is 13.6. The van der Waals surface area contributed by atoms with Crippen LogP contribution in [0.25, 0.3) is 11.2 Å². The minimum absolute atomic E-state index is 0.00485. The molecule has 0 aliphatic carbocycles. The van der Waals surface area contributed by atoms with E-state index in [0.717, 1.165) is 17.2 Å². The predicted octanol–water partition coefficient (Wildman–Crippen LogP) is -2.95. The van der Waals surface area contributed by atoms with Crippen LogP contribution in [0.3, 0.4) is 0 Å². The number of thioether (sulfide) groups is 1. The highest BCUT2D eigenvalue weighted by Gasteiger charge is 2.50. The monoisotopic (exact) mass is 866 g/mol. The lowest BCUT2D eigenvalue weighted by atomic mass is 9.87. The van der Waals surface area contributed by atoms with Gasteiger partial charge in [-0.25, -0.2) is 28.6 Å². The summed E-state index contributed by atoms with van der Waals surface area (Å²) in [7, 11) is -16.5. The van der Waals surface area contributed by atoms with Gasteiger partial charge >= 0.3 is 23.5 Å². The number of ether oxygens (including phenoxy) is 1. The molecule has 3 heterocycles. The van der Waals surface area contributed by atoms with E-state index in [1.165, 1.54) is 20.8 Å². The molecule has 0 aromatic carbocycles. The van der Waals surface area contributed by atoms with Crippen molar-refractivity contribution in [1.82, 2.24) is 30.2 Å². The average molecular weight is 867 g/mol. The van der Waals surface area contributed by atoms with Crippen molar-refractivity contribution in [2.75, 3.05) is 37.8 Å². The Kier molecular flexibility index (Phi) is 16.0. The number of anilines is 1. The Morgan fingerprint density at radius 2 is 1.73 bits per heavy atom. The molecule has 1 saturated heterocycles. The molecular weight excluding hydrogens is 827 g/mol. The Labute approximate surface area is 314 Å². The molecule has 26 nitrogen and oxygen atoms in total. The van der Waals surface area contributed by atoms with E-state index in [1.54, 1.807) is 0 Å². The van der Waals surface area contributed by atoms with Crippen molar-refractivity contribution in [2.45, 2.75) is 57.8 Å². The number of nitrogen functional groups attached to an aromatic ring is 1. The maximum Gasteiger partial charge on any atom is 0.481 e. The third-order valence-electron chi connectivity index (χ3n) is 7.45. The van der Waals surface area contributed by atoms with Gasteiger partial charge in [0.25, 0.3) is 0 Å². The van der Waals surface area contributed by atoms with E-state index in [1.807, 2.05) is 0 Å². The number of aliphatic hydroxyl groups excluding tert-OH is 2. The highest BCUT2D eigenvalue weighted by atomic mass is 32.2. The van der Waals surface area contributed by atoms with Crippen LogP contribution in [-0.2, 0) is 55.5 Å². The summed E-state index contributed by atoms with van der Waals surface area (Å²) in [5.74, 6) is -4.42. The number of carbonyl (C=O) groups excluding carboxylic acids is 4. The lowest BCUT2D eigenvalue weighted by molar-refractivity contribution is -0.309. The van der Waals surface area contributed by atoms with Gasteiger partial charge in [0.05, 0.1) is 31.4 Å². The maximum absolute atomic E-state index is 12.6. The SMILES string of the molecule is CC(C(=O)[O-])C(=O)SCCNC(=O)CCNC(=O)C(O)C(C)(C)COP(=O)(O)OP(=O)(O)OCC1OC(n2cnc3c(N)ncnc32)C(O)C1OP(=O)(O)O. The number of phosphoric acid groups is 3. The fraction of sp³-hybridized carbons (Fsp3) is 0.640. The standard InChI is InChI=1S/C25H40N7O19P3S/c1-12(23(37)38)24(39)55-7-6-27-14(33)4-5-28-21(36)18(35)25(2,3)9-48-54(45,46)51-53(43,44)47-8-13-17(50-52(40,41)42)16(34)22(49-13)32-11-31-15-19(26)29-10-30-20(15)32/h10-13,16-18,22,34-35H,4-9H2,1-3H3,(H,27,33)(H,28,36)(H,37,38)(H,43,44)(H,45,46)(H2,26,29,30)(H2,40,41,42)/p-1. The summed E-state index contributed by atoms with van der Waals surface area (Å²) in [6.45, 7) is 1.24. The molecule has 2 aromatic rings. The fourth-order valence-electron chi connectivity index (χ4n) is 4.50. The molecule has 0 saturated carbocycles.